The molecule has 2 aromatic rings. The Morgan fingerprint density at radius 3 is 2.86 bits per heavy atom. The molecule has 72 valence electrons. The summed E-state index contributed by atoms with van der Waals surface area (Å²) in [6.45, 7) is 4.21. The van der Waals surface area contributed by atoms with Gasteiger partial charge < -0.3 is 4.98 Å². The zero-order chi connectivity index (χ0) is 10.1. The van der Waals surface area contributed by atoms with Crippen LogP contribution in [-0.4, -0.2) is 9.97 Å². The molecule has 2 rings (SSSR count). The van der Waals surface area contributed by atoms with Crippen molar-refractivity contribution in [2.45, 2.75) is 19.8 Å². The van der Waals surface area contributed by atoms with Gasteiger partial charge in [-0.15, -0.1) is 0 Å². The van der Waals surface area contributed by atoms with Crippen molar-refractivity contribution < 1.29 is 0 Å². The molecule has 3 heteroatoms. The molecule has 0 amide bonds. The third-order valence-electron chi connectivity index (χ3n) is 2.36. The van der Waals surface area contributed by atoms with Crippen LogP contribution in [0.3, 0.4) is 0 Å². The van der Waals surface area contributed by atoms with Crippen molar-refractivity contribution in [2.24, 2.45) is 0 Å². The molecule has 0 bridgehead atoms. The van der Waals surface area contributed by atoms with E-state index in [1.807, 2.05) is 6.07 Å². The number of hydrogen-bond acceptors (Lipinski definition) is 2. The summed E-state index contributed by atoms with van der Waals surface area (Å²) in [4.78, 5) is 18.1. The van der Waals surface area contributed by atoms with Crippen LogP contribution in [0.15, 0.2) is 29.5 Å². The molecule has 0 atom stereocenters. The standard InChI is InChI=1S/C11H12N2O/c1-7(2)9-6-13-11(14)10-5-12-4-3-8(9)10/h3-7H,1-2H3,(H,13,14). The minimum Gasteiger partial charge on any atom is -0.328 e. The zero-order valence-electron chi connectivity index (χ0n) is 8.24. The van der Waals surface area contributed by atoms with E-state index in [4.69, 9.17) is 0 Å². The van der Waals surface area contributed by atoms with Crippen molar-refractivity contribution >= 4 is 10.8 Å². The van der Waals surface area contributed by atoms with Gasteiger partial charge in [-0.05, 0) is 22.9 Å². The molecule has 2 heterocycles. The Bertz CT molecular complexity index is 514. The second-order valence-corrected chi connectivity index (χ2v) is 3.65. The van der Waals surface area contributed by atoms with Gasteiger partial charge in [0.05, 0.1) is 5.39 Å². The van der Waals surface area contributed by atoms with Crippen LogP contribution < -0.4 is 5.56 Å². The molecule has 0 aromatic carbocycles. The van der Waals surface area contributed by atoms with E-state index in [9.17, 15) is 4.79 Å². The van der Waals surface area contributed by atoms with Gasteiger partial charge in [0.25, 0.3) is 5.56 Å². The first-order valence-electron chi connectivity index (χ1n) is 4.65. The zero-order valence-corrected chi connectivity index (χ0v) is 8.24. The number of H-pyrrole nitrogens is 1. The second kappa shape index (κ2) is 3.25. The predicted octanol–water partition coefficient (Wildman–Crippen LogP) is 2.05. The lowest BCUT2D eigenvalue weighted by molar-refractivity contribution is 0.867. The summed E-state index contributed by atoms with van der Waals surface area (Å²) in [6, 6.07) is 1.89. The van der Waals surface area contributed by atoms with Gasteiger partial charge in [0, 0.05) is 18.6 Å². The highest BCUT2D eigenvalue weighted by Gasteiger charge is 2.06. The summed E-state index contributed by atoms with van der Waals surface area (Å²) in [5, 5.41) is 1.66. The van der Waals surface area contributed by atoms with E-state index < -0.39 is 0 Å². The third kappa shape index (κ3) is 1.31. The molecule has 2 aromatic heterocycles. The lowest BCUT2D eigenvalue weighted by Gasteiger charge is -2.07. The Morgan fingerprint density at radius 1 is 1.36 bits per heavy atom. The smallest absolute Gasteiger partial charge is 0.257 e. The van der Waals surface area contributed by atoms with Crippen LogP contribution >= 0.6 is 0 Å². The fraction of sp³-hybridized carbons (Fsp3) is 0.273. The van der Waals surface area contributed by atoms with Crippen molar-refractivity contribution in [1.29, 1.82) is 0 Å². The van der Waals surface area contributed by atoms with Crippen LogP contribution in [0.4, 0.5) is 0 Å². The highest BCUT2D eigenvalue weighted by atomic mass is 16.1. The molecule has 0 aliphatic carbocycles. The van der Waals surface area contributed by atoms with Crippen molar-refractivity contribution in [3.05, 3.63) is 40.6 Å². The SMILES string of the molecule is CC(C)c1c[nH]c(=O)c2cnccc12. The van der Waals surface area contributed by atoms with Gasteiger partial charge in [-0.1, -0.05) is 13.8 Å². The highest BCUT2D eigenvalue weighted by molar-refractivity contribution is 5.83. The Morgan fingerprint density at radius 2 is 2.14 bits per heavy atom. The summed E-state index contributed by atoms with van der Waals surface area (Å²) in [5.74, 6) is 0.400. The van der Waals surface area contributed by atoms with Gasteiger partial charge in [0.2, 0.25) is 0 Å². The maximum absolute atomic E-state index is 11.5. The molecule has 0 radical (unpaired) electrons. The quantitative estimate of drug-likeness (QED) is 0.744. The Balaban J connectivity index is 2.89. The van der Waals surface area contributed by atoms with Crippen LogP contribution in [0.5, 0.6) is 0 Å². The van der Waals surface area contributed by atoms with E-state index in [1.165, 1.54) is 0 Å². The van der Waals surface area contributed by atoms with E-state index in [2.05, 4.69) is 23.8 Å². The summed E-state index contributed by atoms with van der Waals surface area (Å²) in [6.07, 6.45) is 5.11. The molecule has 0 fully saturated rings. The number of pyridine rings is 2. The van der Waals surface area contributed by atoms with Gasteiger partial charge in [0.1, 0.15) is 0 Å². The first kappa shape index (κ1) is 8.94. The summed E-state index contributed by atoms with van der Waals surface area (Å²) >= 11 is 0. The summed E-state index contributed by atoms with van der Waals surface area (Å²) < 4.78 is 0. The molecule has 3 nitrogen and oxygen atoms in total. The van der Waals surface area contributed by atoms with Crippen LogP contribution in [0.1, 0.15) is 25.3 Å². The van der Waals surface area contributed by atoms with E-state index in [0.717, 1.165) is 10.9 Å². The van der Waals surface area contributed by atoms with E-state index >= 15 is 0 Å². The minimum absolute atomic E-state index is 0.0718. The third-order valence-corrected chi connectivity index (χ3v) is 2.36. The molecule has 0 aliphatic heterocycles. The minimum atomic E-state index is -0.0718. The predicted molar refractivity (Wildman–Crippen MR) is 56.5 cm³/mol. The van der Waals surface area contributed by atoms with Crippen LogP contribution in [0, 0.1) is 0 Å². The lowest BCUT2D eigenvalue weighted by atomic mass is 10.0. The average molecular weight is 188 g/mol. The van der Waals surface area contributed by atoms with E-state index in [-0.39, 0.29) is 5.56 Å². The summed E-state index contributed by atoms with van der Waals surface area (Å²) in [7, 11) is 0. The Kier molecular flexibility index (Phi) is 2.08. The average Bonchev–Trinajstić information content (AvgIpc) is 2.18. The molecule has 0 saturated carbocycles. The molecule has 0 saturated heterocycles. The van der Waals surface area contributed by atoms with Crippen LogP contribution in [-0.2, 0) is 0 Å². The first-order valence-corrected chi connectivity index (χ1v) is 4.65. The van der Waals surface area contributed by atoms with Gasteiger partial charge >= 0.3 is 0 Å². The fourth-order valence-electron chi connectivity index (χ4n) is 1.60. The number of rotatable bonds is 1. The molecule has 0 aliphatic rings. The van der Waals surface area contributed by atoms with Crippen molar-refractivity contribution in [3.8, 4) is 0 Å². The van der Waals surface area contributed by atoms with Gasteiger partial charge in [-0.3, -0.25) is 9.78 Å². The molecule has 0 unspecified atom stereocenters. The number of nitrogens with one attached hydrogen (secondary N) is 1. The van der Waals surface area contributed by atoms with Gasteiger partial charge in [0.15, 0.2) is 0 Å². The van der Waals surface area contributed by atoms with Crippen LogP contribution in [0.2, 0.25) is 0 Å². The largest absolute Gasteiger partial charge is 0.328 e. The molecular weight excluding hydrogens is 176 g/mol. The van der Waals surface area contributed by atoms with Crippen molar-refractivity contribution in [1.82, 2.24) is 9.97 Å². The van der Waals surface area contributed by atoms with Gasteiger partial charge in [-0.2, -0.15) is 0 Å². The van der Waals surface area contributed by atoms with Gasteiger partial charge in [-0.25, -0.2) is 0 Å². The molecular formula is C11H12N2O. The summed E-state index contributed by atoms with van der Waals surface area (Å²) in [5.41, 5.74) is 1.08. The highest BCUT2D eigenvalue weighted by Crippen LogP contribution is 2.20. The Hall–Kier alpha value is -1.64. The van der Waals surface area contributed by atoms with Crippen molar-refractivity contribution in [2.75, 3.05) is 0 Å². The second-order valence-electron chi connectivity index (χ2n) is 3.65. The number of hydrogen-bond donors (Lipinski definition) is 1. The number of aromatic nitrogens is 2. The molecule has 14 heavy (non-hydrogen) atoms. The molecule has 0 spiro atoms. The number of fused-ring (bicyclic) bond motifs is 1. The fourth-order valence-corrected chi connectivity index (χ4v) is 1.60. The number of aromatic amines is 1. The first-order chi connectivity index (χ1) is 6.70. The topological polar surface area (TPSA) is 45.8 Å². The Labute approximate surface area is 81.8 Å². The molecule has 1 N–H and O–H groups in total. The van der Waals surface area contributed by atoms with E-state index in [0.29, 0.717) is 11.3 Å². The van der Waals surface area contributed by atoms with E-state index in [1.54, 1.807) is 18.6 Å². The maximum atomic E-state index is 11.5. The van der Waals surface area contributed by atoms with Crippen LogP contribution in [0.25, 0.3) is 10.8 Å². The normalized spacial score (nSPS) is 11.1. The number of nitrogens with zero attached hydrogens (tertiary/aromatic N) is 1. The maximum Gasteiger partial charge on any atom is 0.257 e. The van der Waals surface area contributed by atoms with Crippen molar-refractivity contribution in [3.63, 3.8) is 0 Å². The lowest BCUT2D eigenvalue weighted by Crippen LogP contribution is -2.08. The monoisotopic (exact) mass is 188 g/mol.